The standard InChI is InChI=1S/C20H17NO5/c1-12-5-4-6-15(9-12)19-21-16(20(23)26-19)10-14-7-8-17(25-13(2)22)18(11-14)24-3/h4-11H,1-3H3/b16-10+. The summed E-state index contributed by atoms with van der Waals surface area (Å²) < 4.78 is 15.6. The molecule has 0 atom stereocenters. The van der Waals surface area contributed by atoms with Crippen molar-refractivity contribution in [2.45, 2.75) is 13.8 Å². The van der Waals surface area contributed by atoms with Gasteiger partial charge < -0.3 is 14.2 Å². The third kappa shape index (κ3) is 3.80. The number of nitrogens with zero attached hydrogens (tertiary/aromatic N) is 1. The Morgan fingerprint density at radius 1 is 1.15 bits per heavy atom. The number of ether oxygens (including phenoxy) is 3. The molecule has 1 heterocycles. The predicted octanol–water partition coefficient (Wildman–Crippen LogP) is 3.27. The van der Waals surface area contributed by atoms with Crippen LogP contribution in [0.15, 0.2) is 53.2 Å². The molecular formula is C20H17NO5. The smallest absolute Gasteiger partial charge is 0.363 e. The molecule has 1 aliphatic heterocycles. The van der Waals surface area contributed by atoms with Gasteiger partial charge in [0.1, 0.15) is 0 Å². The van der Waals surface area contributed by atoms with Crippen LogP contribution in [0.25, 0.3) is 6.08 Å². The van der Waals surface area contributed by atoms with E-state index >= 15 is 0 Å². The highest BCUT2D eigenvalue weighted by Crippen LogP contribution is 2.30. The van der Waals surface area contributed by atoms with Gasteiger partial charge in [-0.1, -0.05) is 23.8 Å². The van der Waals surface area contributed by atoms with Crippen LogP contribution in [0.5, 0.6) is 11.5 Å². The fraction of sp³-hybridized carbons (Fsp3) is 0.150. The van der Waals surface area contributed by atoms with Gasteiger partial charge in [-0.3, -0.25) is 4.79 Å². The number of hydrogen-bond donors (Lipinski definition) is 0. The monoisotopic (exact) mass is 351 g/mol. The zero-order chi connectivity index (χ0) is 18.7. The van der Waals surface area contributed by atoms with E-state index in [2.05, 4.69) is 4.99 Å². The van der Waals surface area contributed by atoms with Gasteiger partial charge in [0, 0.05) is 12.5 Å². The van der Waals surface area contributed by atoms with Crippen molar-refractivity contribution >= 4 is 23.9 Å². The number of methoxy groups -OCH3 is 1. The Bertz CT molecular complexity index is 943. The molecule has 0 bridgehead atoms. The van der Waals surface area contributed by atoms with Gasteiger partial charge in [-0.25, -0.2) is 9.79 Å². The Kier molecular flexibility index (Phi) is 4.84. The molecule has 6 heteroatoms. The number of aliphatic imine (C=N–C) groups is 1. The number of benzene rings is 2. The second kappa shape index (κ2) is 7.23. The molecule has 0 unspecified atom stereocenters. The van der Waals surface area contributed by atoms with Crippen molar-refractivity contribution in [3.63, 3.8) is 0 Å². The fourth-order valence-electron chi connectivity index (χ4n) is 2.48. The van der Waals surface area contributed by atoms with E-state index in [0.717, 1.165) is 11.1 Å². The summed E-state index contributed by atoms with van der Waals surface area (Å²) in [6.45, 7) is 3.26. The summed E-state index contributed by atoms with van der Waals surface area (Å²) in [6.07, 6.45) is 1.59. The first kappa shape index (κ1) is 17.4. The number of esters is 2. The molecule has 0 aromatic heterocycles. The summed E-state index contributed by atoms with van der Waals surface area (Å²) in [5, 5.41) is 0. The minimum atomic E-state index is -0.524. The van der Waals surface area contributed by atoms with Crippen molar-refractivity contribution in [3.05, 3.63) is 64.9 Å². The molecule has 2 aromatic rings. The van der Waals surface area contributed by atoms with Crippen LogP contribution in [0, 0.1) is 6.92 Å². The maximum atomic E-state index is 12.1. The first-order valence-corrected chi connectivity index (χ1v) is 7.92. The van der Waals surface area contributed by atoms with Crippen LogP contribution in [-0.2, 0) is 14.3 Å². The van der Waals surface area contributed by atoms with Gasteiger partial charge in [0.05, 0.1) is 7.11 Å². The molecule has 0 aliphatic carbocycles. The van der Waals surface area contributed by atoms with Gasteiger partial charge >= 0.3 is 11.9 Å². The van der Waals surface area contributed by atoms with Crippen molar-refractivity contribution in [1.82, 2.24) is 0 Å². The molecule has 0 saturated heterocycles. The topological polar surface area (TPSA) is 74.2 Å². The molecule has 0 amide bonds. The molecule has 0 radical (unpaired) electrons. The maximum absolute atomic E-state index is 12.1. The minimum Gasteiger partial charge on any atom is -0.493 e. The van der Waals surface area contributed by atoms with E-state index < -0.39 is 11.9 Å². The van der Waals surface area contributed by atoms with Gasteiger partial charge in [0.25, 0.3) is 0 Å². The Morgan fingerprint density at radius 2 is 1.96 bits per heavy atom. The van der Waals surface area contributed by atoms with Crippen molar-refractivity contribution in [3.8, 4) is 11.5 Å². The van der Waals surface area contributed by atoms with Crippen LogP contribution < -0.4 is 9.47 Å². The van der Waals surface area contributed by atoms with Crippen LogP contribution in [0.3, 0.4) is 0 Å². The second-order valence-electron chi connectivity index (χ2n) is 5.71. The normalized spacial score (nSPS) is 14.8. The van der Waals surface area contributed by atoms with Crippen molar-refractivity contribution in [1.29, 1.82) is 0 Å². The van der Waals surface area contributed by atoms with E-state index in [1.54, 1.807) is 24.3 Å². The second-order valence-corrected chi connectivity index (χ2v) is 5.71. The van der Waals surface area contributed by atoms with Crippen molar-refractivity contribution < 1.29 is 23.8 Å². The van der Waals surface area contributed by atoms with Crippen LogP contribution in [-0.4, -0.2) is 24.9 Å². The highest BCUT2D eigenvalue weighted by atomic mass is 16.6. The highest BCUT2D eigenvalue weighted by Gasteiger charge is 2.24. The third-order valence-electron chi connectivity index (χ3n) is 3.63. The van der Waals surface area contributed by atoms with Crippen molar-refractivity contribution in [2.24, 2.45) is 4.99 Å². The molecule has 0 fully saturated rings. The fourth-order valence-corrected chi connectivity index (χ4v) is 2.48. The SMILES string of the molecule is COc1cc(/C=C2/N=C(c3cccc(C)c3)OC2=O)ccc1OC(C)=O. The zero-order valence-corrected chi connectivity index (χ0v) is 14.6. The van der Waals surface area contributed by atoms with Crippen molar-refractivity contribution in [2.75, 3.05) is 7.11 Å². The molecule has 26 heavy (non-hydrogen) atoms. The lowest BCUT2D eigenvalue weighted by Crippen LogP contribution is -2.05. The summed E-state index contributed by atoms with van der Waals surface area (Å²) in [4.78, 5) is 27.5. The van der Waals surface area contributed by atoms with Gasteiger partial charge in [-0.05, 0) is 42.8 Å². The molecular weight excluding hydrogens is 334 g/mol. The zero-order valence-electron chi connectivity index (χ0n) is 14.6. The van der Waals surface area contributed by atoms with E-state index in [0.29, 0.717) is 17.1 Å². The largest absolute Gasteiger partial charge is 0.493 e. The lowest BCUT2D eigenvalue weighted by Gasteiger charge is -2.08. The van der Waals surface area contributed by atoms with Gasteiger partial charge in [-0.15, -0.1) is 0 Å². The predicted molar refractivity (Wildman–Crippen MR) is 96.1 cm³/mol. The van der Waals surface area contributed by atoms with Crippen LogP contribution in [0.4, 0.5) is 0 Å². The number of cyclic esters (lactones) is 1. The number of rotatable bonds is 4. The Balaban J connectivity index is 1.92. The average molecular weight is 351 g/mol. The summed E-state index contributed by atoms with van der Waals surface area (Å²) in [5.41, 5.74) is 2.64. The van der Waals surface area contributed by atoms with E-state index in [4.69, 9.17) is 14.2 Å². The molecule has 0 spiro atoms. The number of aryl methyl sites for hydroxylation is 1. The molecule has 1 aliphatic rings. The summed E-state index contributed by atoms with van der Waals surface area (Å²) >= 11 is 0. The van der Waals surface area contributed by atoms with E-state index in [1.807, 2.05) is 31.2 Å². The van der Waals surface area contributed by atoms with Gasteiger partial charge in [0.15, 0.2) is 17.2 Å². The lowest BCUT2D eigenvalue weighted by atomic mass is 10.1. The van der Waals surface area contributed by atoms with Crippen LogP contribution in [0.1, 0.15) is 23.6 Å². The van der Waals surface area contributed by atoms with Gasteiger partial charge in [0.2, 0.25) is 5.90 Å². The Morgan fingerprint density at radius 3 is 2.65 bits per heavy atom. The first-order chi connectivity index (χ1) is 12.5. The Labute approximate surface area is 150 Å². The average Bonchev–Trinajstić information content (AvgIpc) is 2.96. The molecule has 3 rings (SSSR count). The quantitative estimate of drug-likeness (QED) is 0.480. The van der Waals surface area contributed by atoms with E-state index in [-0.39, 0.29) is 11.6 Å². The molecule has 6 nitrogen and oxygen atoms in total. The molecule has 0 N–H and O–H groups in total. The molecule has 2 aromatic carbocycles. The number of carbonyl (C=O) groups is 2. The van der Waals surface area contributed by atoms with Crippen LogP contribution in [0.2, 0.25) is 0 Å². The number of hydrogen-bond acceptors (Lipinski definition) is 6. The third-order valence-corrected chi connectivity index (χ3v) is 3.63. The highest BCUT2D eigenvalue weighted by molar-refractivity contribution is 6.12. The first-order valence-electron chi connectivity index (χ1n) is 7.92. The molecule has 0 saturated carbocycles. The minimum absolute atomic E-state index is 0.184. The lowest BCUT2D eigenvalue weighted by molar-refractivity contribution is -0.132. The van der Waals surface area contributed by atoms with Gasteiger partial charge in [-0.2, -0.15) is 0 Å². The summed E-state index contributed by atoms with van der Waals surface area (Å²) in [6, 6.07) is 12.5. The number of carbonyl (C=O) groups excluding carboxylic acids is 2. The molecule has 132 valence electrons. The van der Waals surface area contributed by atoms with E-state index in [9.17, 15) is 9.59 Å². The Hall–Kier alpha value is -3.41. The summed E-state index contributed by atoms with van der Waals surface area (Å²) in [7, 11) is 1.47. The summed E-state index contributed by atoms with van der Waals surface area (Å²) in [5.74, 6) is -0.0111. The maximum Gasteiger partial charge on any atom is 0.363 e. The van der Waals surface area contributed by atoms with E-state index in [1.165, 1.54) is 14.0 Å². The van der Waals surface area contributed by atoms with Crippen LogP contribution >= 0.6 is 0 Å².